The van der Waals surface area contributed by atoms with Crippen LogP contribution in [0.5, 0.6) is 0 Å². The number of rotatable bonds is 8. The normalized spacial score (nSPS) is 13.2. The highest BCUT2D eigenvalue weighted by Crippen LogP contribution is 2.17. The average Bonchev–Trinajstić information content (AvgIpc) is 2.61. The summed E-state index contributed by atoms with van der Waals surface area (Å²) in [7, 11) is 0. The van der Waals surface area contributed by atoms with Gasteiger partial charge in [-0.2, -0.15) is 0 Å². The van der Waals surface area contributed by atoms with Gasteiger partial charge in [-0.25, -0.2) is 9.18 Å². The molecule has 27 heavy (non-hydrogen) atoms. The van der Waals surface area contributed by atoms with Crippen molar-refractivity contribution in [2.75, 3.05) is 0 Å². The smallest absolute Gasteiger partial charge is 0.335 e. The highest BCUT2D eigenvalue weighted by Gasteiger charge is 2.24. The Morgan fingerprint density at radius 3 is 2.33 bits per heavy atom. The van der Waals surface area contributed by atoms with Gasteiger partial charge in [-0.15, -0.1) is 0 Å². The van der Waals surface area contributed by atoms with Crippen LogP contribution >= 0.6 is 0 Å². The van der Waals surface area contributed by atoms with Crippen LogP contribution in [-0.2, 0) is 16.1 Å². The van der Waals surface area contributed by atoms with Gasteiger partial charge in [0.25, 0.3) is 0 Å². The molecule has 2 rings (SSSR count). The summed E-state index contributed by atoms with van der Waals surface area (Å²) in [4.78, 5) is 23.6. The zero-order valence-electron chi connectivity index (χ0n) is 15.6. The fourth-order valence-corrected chi connectivity index (χ4v) is 2.68. The molecule has 144 valence electrons. The number of amides is 1. The Kier molecular flexibility index (Phi) is 7.07. The maximum atomic E-state index is 13.3. The molecular weight excluding hydrogens is 349 g/mol. The van der Waals surface area contributed by atoms with Gasteiger partial charge in [-0.1, -0.05) is 38.1 Å². The van der Waals surface area contributed by atoms with Crippen LogP contribution in [0.25, 0.3) is 0 Å². The zero-order valence-corrected chi connectivity index (χ0v) is 15.6. The topological polar surface area (TPSA) is 75.6 Å². The lowest BCUT2D eigenvalue weighted by Crippen LogP contribution is -2.40. The zero-order chi connectivity index (χ0) is 20.0. The Bertz CT molecular complexity index is 789. The second-order valence-corrected chi connectivity index (χ2v) is 6.76. The van der Waals surface area contributed by atoms with Crippen LogP contribution in [0.2, 0.25) is 0 Å². The van der Waals surface area contributed by atoms with E-state index in [9.17, 15) is 14.0 Å². The van der Waals surface area contributed by atoms with E-state index in [-0.39, 0.29) is 35.9 Å². The highest BCUT2D eigenvalue weighted by molar-refractivity contribution is 5.87. The first-order valence-electron chi connectivity index (χ1n) is 8.77. The van der Waals surface area contributed by atoms with Crippen LogP contribution in [0.3, 0.4) is 0 Å². The van der Waals surface area contributed by atoms with E-state index >= 15 is 0 Å². The third kappa shape index (κ3) is 5.89. The van der Waals surface area contributed by atoms with E-state index in [1.165, 1.54) is 24.3 Å². The van der Waals surface area contributed by atoms with E-state index in [2.05, 4.69) is 5.32 Å². The SMILES string of the molecule is CC(C)C(OCc1cccc(F)c1)C(=O)N[C@@H](C)c1ccc(C(=O)O)cc1. The summed E-state index contributed by atoms with van der Waals surface area (Å²) in [6.45, 7) is 5.71. The molecule has 0 spiro atoms. The minimum Gasteiger partial charge on any atom is -0.478 e. The molecule has 6 heteroatoms. The Morgan fingerprint density at radius 1 is 1.11 bits per heavy atom. The molecule has 1 amide bonds. The van der Waals surface area contributed by atoms with Gasteiger partial charge in [0, 0.05) is 0 Å². The minimum absolute atomic E-state index is 0.0693. The van der Waals surface area contributed by atoms with Crippen molar-refractivity contribution in [2.45, 2.75) is 39.5 Å². The number of halogens is 1. The van der Waals surface area contributed by atoms with Crippen LogP contribution < -0.4 is 5.32 Å². The third-order valence-electron chi connectivity index (χ3n) is 4.20. The van der Waals surface area contributed by atoms with Crippen molar-refractivity contribution in [3.05, 3.63) is 71.0 Å². The number of benzene rings is 2. The number of hydrogen-bond acceptors (Lipinski definition) is 3. The lowest BCUT2D eigenvalue weighted by Gasteiger charge is -2.23. The van der Waals surface area contributed by atoms with Gasteiger partial charge in [0.1, 0.15) is 11.9 Å². The van der Waals surface area contributed by atoms with Gasteiger partial charge in [-0.3, -0.25) is 4.79 Å². The second-order valence-electron chi connectivity index (χ2n) is 6.76. The molecule has 2 aromatic rings. The molecule has 0 fully saturated rings. The third-order valence-corrected chi connectivity index (χ3v) is 4.20. The molecule has 0 saturated carbocycles. The van der Waals surface area contributed by atoms with Crippen molar-refractivity contribution in [3.63, 3.8) is 0 Å². The van der Waals surface area contributed by atoms with Crippen molar-refractivity contribution >= 4 is 11.9 Å². The molecule has 0 bridgehead atoms. The Morgan fingerprint density at radius 2 is 1.78 bits per heavy atom. The lowest BCUT2D eigenvalue weighted by molar-refractivity contribution is -0.137. The van der Waals surface area contributed by atoms with Crippen molar-refractivity contribution in [3.8, 4) is 0 Å². The van der Waals surface area contributed by atoms with Crippen molar-refractivity contribution in [1.82, 2.24) is 5.32 Å². The van der Waals surface area contributed by atoms with Gasteiger partial charge in [0.2, 0.25) is 5.91 Å². The molecule has 2 N–H and O–H groups in total. The van der Waals surface area contributed by atoms with Crippen LogP contribution in [0.1, 0.15) is 48.3 Å². The summed E-state index contributed by atoms with van der Waals surface area (Å²) in [6.07, 6.45) is -0.686. The van der Waals surface area contributed by atoms with Crippen LogP contribution in [-0.4, -0.2) is 23.1 Å². The monoisotopic (exact) mass is 373 g/mol. The fraction of sp³-hybridized carbons (Fsp3) is 0.333. The molecule has 0 aromatic heterocycles. The van der Waals surface area contributed by atoms with Crippen LogP contribution in [0.4, 0.5) is 4.39 Å². The first kappa shape index (κ1) is 20.6. The molecule has 0 saturated heterocycles. The molecule has 2 atom stereocenters. The molecule has 0 heterocycles. The predicted octanol–water partition coefficient (Wildman–Crippen LogP) is 3.94. The van der Waals surface area contributed by atoms with Gasteiger partial charge in [0.05, 0.1) is 18.2 Å². The van der Waals surface area contributed by atoms with E-state index < -0.39 is 12.1 Å². The van der Waals surface area contributed by atoms with E-state index in [0.717, 1.165) is 5.56 Å². The summed E-state index contributed by atoms with van der Waals surface area (Å²) in [5.41, 5.74) is 1.64. The lowest BCUT2D eigenvalue weighted by atomic mass is 10.0. The number of hydrogen-bond donors (Lipinski definition) is 2. The molecular formula is C21H24FNO4. The Balaban J connectivity index is 2.00. The number of nitrogens with one attached hydrogen (secondary N) is 1. The molecule has 0 aliphatic rings. The maximum Gasteiger partial charge on any atom is 0.335 e. The van der Waals surface area contributed by atoms with E-state index in [0.29, 0.717) is 5.56 Å². The molecule has 5 nitrogen and oxygen atoms in total. The number of carbonyl (C=O) groups excluding carboxylic acids is 1. The molecule has 0 aliphatic heterocycles. The largest absolute Gasteiger partial charge is 0.478 e. The molecule has 0 aliphatic carbocycles. The van der Waals surface area contributed by atoms with Crippen molar-refractivity contribution < 1.29 is 23.8 Å². The average molecular weight is 373 g/mol. The molecule has 1 unspecified atom stereocenters. The van der Waals surface area contributed by atoms with Crippen LogP contribution in [0, 0.1) is 11.7 Å². The predicted molar refractivity (Wildman–Crippen MR) is 99.8 cm³/mol. The number of aromatic carboxylic acids is 1. The summed E-state index contributed by atoms with van der Waals surface area (Å²) in [5, 5.41) is 11.8. The number of carboxylic acids is 1. The van der Waals surface area contributed by atoms with E-state index in [1.807, 2.05) is 20.8 Å². The van der Waals surface area contributed by atoms with E-state index in [4.69, 9.17) is 9.84 Å². The number of carboxylic acid groups (broad SMARTS) is 1. The highest BCUT2D eigenvalue weighted by atomic mass is 19.1. The van der Waals surface area contributed by atoms with Gasteiger partial charge >= 0.3 is 5.97 Å². The van der Waals surface area contributed by atoms with Gasteiger partial charge in [-0.05, 0) is 48.2 Å². The Labute approximate surface area is 158 Å². The first-order valence-corrected chi connectivity index (χ1v) is 8.77. The van der Waals surface area contributed by atoms with Crippen molar-refractivity contribution in [1.29, 1.82) is 0 Å². The molecule has 0 radical (unpaired) electrons. The Hall–Kier alpha value is -2.73. The van der Waals surface area contributed by atoms with Gasteiger partial charge < -0.3 is 15.2 Å². The quantitative estimate of drug-likeness (QED) is 0.735. The van der Waals surface area contributed by atoms with Crippen LogP contribution in [0.15, 0.2) is 48.5 Å². The summed E-state index contributed by atoms with van der Waals surface area (Å²) in [6, 6.07) is 12.1. The maximum absolute atomic E-state index is 13.3. The number of ether oxygens (including phenoxy) is 1. The minimum atomic E-state index is -0.996. The molecule has 2 aromatic carbocycles. The first-order chi connectivity index (χ1) is 12.8. The van der Waals surface area contributed by atoms with Crippen molar-refractivity contribution in [2.24, 2.45) is 5.92 Å². The van der Waals surface area contributed by atoms with E-state index in [1.54, 1.807) is 24.3 Å². The second kappa shape index (κ2) is 9.28. The number of carbonyl (C=O) groups is 2. The fourth-order valence-electron chi connectivity index (χ4n) is 2.68. The summed E-state index contributed by atoms with van der Waals surface area (Å²) < 4.78 is 19.0. The van der Waals surface area contributed by atoms with Gasteiger partial charge in [0.15, 0.2) is 0 Å². The summed E-state index contributed by atoms with van der Waals surface area (Å²) >= 11 is 0. The standard InChI is InChI=1S/C21H24FNO4/c1-13(2)19(27-12-15-5-4-6-18(22)11-15)20(24)23-14(3)16-7-9-17(10-8-16)21(25)26/h4-11,13-14,19H,12H2,1-3H3,(H,23,24)(H,25,26)/t14-,19?/m0/s1. The summed E-state index contributed by atoms with van der Waals surface area (Å²) in [5.74, 6) is -1.68.